The van der Waals surface area contributed by atoms with Crippen LogP contribution in [0, 0.1) is 5.92 Å². The van der Waals surface area contributed by atoms with E-state index in [0.717, 1.165) is 6.42 Å². The zero-order valence-corrected chi connectivity index (χ0v) is 6.26. The van der Waals surface area contributed by atoms with Crippen LogP contribution in [-0.2, 0) is 0 Å². The summed E-state index contributed by atoms with van der Waals surface area (Å²) in [6.07, 6.45) is 3.13. The van der Waals surface area contributed by atoms with Crippen molar-refractivity contribution in [2.75, 3.05) is 7.05 Å². The maximum absolute atomic E-state index is 4.28. The fourth-order valence-electron chi connectivity index (χ4n) is 0.861. The van der Waals surface area contributed by atoms with Crippen molar-refractivity contribution < 1.29 is 4.68 Å². The van der Waals surface area contributed by atoms with Gasteiger partial charge in [0.15, 0.2) is 13.3 Å². The number of rotatable bonds is 1. The van der Waals surface area contributed by atoms with Gasteiger partial charge in [-0.2, -0.15) is 0 Å². The van der Waals surface area contributed by atoms with Crippen LogP contribution in [0.5, 0.6) is 0 Å². The molecule has 0 unspecified atom stereocenters. The first-order valence-corrected chi connectivity index (χ1v) is 3.33. The average molecular weight is 125 g/mol. The van der Waals surface area contributed by atoms with Gasteiger partial charge >= 0.3 is 0 Å². The highest BCUT2D eigenvalue weighted by Gasteiger charge is 2.14. The van der Waals surface area contributed by atoms with Crippen LogP contribution in [0.3, 0.4) is 0 Å². The van der Waals surface area contributed by atoms with E-state index in [2.05, 4.69) is 25.2 Å². The van der Waals surface area contributed by atoms with Crippen molar-refractivity contribution >= 4 is 11.9 Å². The number of nitrogens with zero attached hydrogens (tertiary/aromatic N) is 2. The summed E-state index contributed by atoms with van der Waals surface area (Å²) in [7, 11) is 1.97. The van der Waals surface area contributed by atoms with Crippen molar-refractivity contribution in [3.8, 4) is 0 Å². The largest absolute Gasteiger partial charge is 0.178 e. The van der Waals surface area contributed by atoms with E-state index in [0.29, 0.717) is 5.92 Å². The van der Waals surface area contributed by atoms with E-state index in [1.54, 1.807) is 0 Å². The minimum absolute atomic E-state index is 0.603. The van der Waals surface area contributed by atoms with Crippen LogP contribution in [0.4, 0.5) is 0 Å². The van der Waals surface area contributed by atoms with Crippen molar-refractivity contribution in [1.29, 1.82) is 0 Å². The molecule has 1 aliphatic rings. The van der Waals surface area contributed by atoms with Crippen LogP contribution in [0.15, 0.2) is 5.10 Å². The Balaban J connectivity index is 2.60. The fraction of sp³-hybridized carbons (Fsp3) is 0.714. The summed E-state index contributed by atoms with van der Waals surface area (Å²) in [4.78, 5) is 0. The van der Waals surface area contributed by atoms with Crippen molar-refractivity contribution in [3.63, 3.8) is 0 Å². The number of hydrogen-bond acceptors (Lipinski definition) is 1. The van der Waals surface area contributed by atoms with Crippen LogP contribution >= 0.6 is 0 Å². The van der Waals surface area contributed by atoms with Gasteiger partial charge in [0.1, 0.15) is 0 Å². The summed E-state index contributed by atoms with van der Waals surface area (Å²) >= 11 is 0. The third-order valence-electron chi connectivity index (χ3n) is 1.52. The predicted octanol–water partition coefficient (Wildman–Crippen LogP) is 1.12. The molecule has 0 saturated carbocycles. The van der Waals surface area contributed by atoms with Gasteiger partial charge in [-0.15, -0.1) is 0 Å². The minimum atomic E-state index is 0.603. The molecular weight excluding hydrogens is 112 g/mol. The quantitative estimate of drug-likeness (QED) is 0.467. The molecule has 0 atom stereocenters. The fourth-order valence-corrected chi connectivity index (χ4v) is 0.861. The topological polar surface area (TPSA) is 15.4 Å². The molecule has 0 bridgehead atoms. The Hall–Kier alpha value is -0.660. The average Bonchev–Trinajstić information content (AvgIpc) is 2.14. The first kappa shape index (κ1) is 6.46. The van der Waals surface area contributed by atoms with Gasteiger partial charge < -0.3 is 0 Å². The molecule has 0 fully saturated rings. The predicted molar refractivity (Wildman–Crippen MR) is 39.1 cm³/mol. The van der Waals surface area contributed by atoms with Gasteiger partial charge in [-0.25, -0.2) is 0 Å². The summed E-state index contributed by atoms with van der Waals surface area (Å²) in [5.74, 6) is 0.603. The standard InChI is InChI=1S/C7H13N2/c1-6(2)7-4-5-9(3)8-7/h5-6H,4H2,1-3H3/q+1. The first-order chi connectivity index (χ1) is 4.20. The molecule has 2 heteroatoms. The lowest BCUT2D eigenvalue weighted by atomic mass is 10.1. The van der Waals surface area contributed by atoms with Crippen LogP contribution in [-0.4, -0.2) is 23.7 Å². The molecule has 0 aliphatic carbocycles. The molecule has 0 aromatic carbocycles. The zero-order valence-electron chi connectivity index (χ0n) is 6.26. The smallest absolute Gasteiger partial charge is 0.0977 e. The molecule has 2 nitrogen and oxygen atoms in total. The van der Waals surface area contributed by atoms with E-state index >= 15 is 0 Å². The van der Waals surface area contributed by atoms with Gasteiger partial charge in [0, 0.05) is 0 Å². The summed E-state index contributed by atoms with van der Waals surface area (Å²) in [6.45, 7) is 4.34. The first-order valence-electron chi connectivity index (χ1n) is 3.33. The highest BCUT2D eigenvalue weighted by atomic mass is 15.4. The molecule has 0 amide bonds. The molecular formula is C7H13N2+. The van der Waals surface area contributed by atoms with Gasteiger partial charge in [-0.3, -0.25) is 0 Å². The van der Waals surface area contributed by atoms with Crippen molar-refractivity contribution in [2.24, 2.45) is 11.0 Å². The molecule has 0 spiro atoms. The van der Waals surface area contributed by atoms with E-state index in [4.69, 9.17) is 0 Å². The van der Waals surface area contributed by atoms with E-state index in [9.17, 15) is 0 Å². The Bertz CT molecular complexity index is 166. The summed E-state index contributed by atoms with van der Waals surface area (Å²) < 4.78 is 1.88. The molecule has 1 aliphatic heterocycles. The Morgan fingerprint density at radius 2 is 2.33 bits per heavy atom. The molecule has 0 N–H and O–H groups in total. The Labute approximate surface area is 55.9 Å². The lowest BCUT2D eigenvalue weighted by Gasteiger charge is -1.95. The highest BCUT2D eigenvalue weighted by molar-refractivity contribution is 5.96. The number of hydrogen-bond donors (Lipinski definition) is 0. The van der Waals surface area contributed by atoms with Crippen LogP contribution in [0.2, 0.25) is 0 Å². The second-order valence-corrected chi connectivity index (χ2v) is 2.71. The molecule has 0 aromatic rings. The van der Waals surface area contributed by atoms with Gasteiger partial charge in [0.25, 0.3) is 0 Å². The normalized spacial score (nSPS) is 18.2. The van der Waals surface area contributed by atoms with Crippen molar-refractivity contribution in [3.05, 3.63) is 0 Å². The Kier molecular flexibility index (Phi) is 1.65. The lowest BCUT2D eigenvalue weighted by Crippen LogP contribution is -2.03. The molecule has 9 heavy (non-hydrogen) atoms. The second kappa shape index (κ2) is 2.29. The van der Waals surface area contributed by atoms with Crippen molar-refractivity contribution in [1.82, 2.24) is 0 Å². The van der Waals surface area contributed by atoms with E-state index in [-0.39, 0.29) is 0 Å². The lowest BCUT2D eigenvalue weighted by molar-refractivity contribution is -0.494. The van der Waals surface area contributed by atoms with Crippen LogP contribution < -0.4 is 0 Å². The Morgan fingerprint density at radius 3 is 2.56 bits per heavy atom. The van der Waals surface area contributed by atoms with Crippen LogP contribution in [0.1, 0.15) is 20.3 Å². The van der Waals surface area contributed by atoms with E-state index in [1.807, 2.05) is 11.7 Å². The molecule has 0 saturated heterocycles. The second-order valence-electron chi connectivity index (χ2n) is 2.71. The Morgan fingerprint density at radius 1 is 1.67 bits per heavy atom. The van der Waals surface area contributed by atoms with Gasteiger partial charge in [-0.1, -0.05) is 18.5 Å². The molecule has 1 rings (SSSR count). The van der Waals surface area contributed by atoms with E-state index in [1.165, 1.54) is 5.71 Å². The molecule has 0 radical (unpaired) electrons. The van der Waals surface area contributed by atoms with Crippen molar-refractivity contribution in [2.45, 2.75) is 20.3 Å². The van der Waals surface area contributed by atoms with E-state index < -0.39 is 0 Å². The zero-order chi connectivity index (χ0) is 6.85. The maximum Gasteiger partial charge on any atom is 0.178 e. The summed E-state index contributed by atoms with van der Waals surface area (Å²) in [5, 5.41) is 4.28. The minimum Gasteiger partial charge on any atom is -0.0977 e. The maximum atomic E-state index is 4.28. The summed E-state index contributed by atoms with van der Waals surface area (Å²) in [6, 6.07) is 0. The molecule has 1 heterocycles. The monoisotopic (exact) mass is 125 g/mol. The van der Waals surface area contributed by atoms with Gasteiger partial charge in [0.2, 0.25) is 0 Å². The van der Waals surface area contributed by atoms with Gasteiger partial charge in [-0.05, 0) is 11.0 Å². The number of hydrazone groups is 1. The van der Waals surface area contributed by atoms with Crippen LogP contribution in [0.25, 0.3) is 0 Å². The third kappa shape index (κ3) is 1.37. The molecule has 50 valence electrons. The third-order valence-corrected chi connectivity index (χ3v) is 1.52. The molecule has 0 aromatic heterocycles. The SMILES string of the molecule is CC(C)C1=N[N+](C)=CC1. The van der Waals surface area contributed by atoms with Gasteiger partial charge in [0.05, 0.1) is 12.1 Å². The highest BCUT2D eigenvalue weighted by Crippen LogP contribution is 2.04. The summed E-state index contributed by atoms with van der Waals surface area (Å²) in [5.41, 5.74) is 1.29.